The van der Waals surface area contributed by atoms with E-state index in [-0.39, 0.29) is 6.16 Å². The summed E-state index contributed by atoms with van der Waals surface area (Å²) >= 11 is 0. The van der Waals surface area contributed by atoms with Crippen molar-refractivity contribution in [3.05, 3.63) is 23.8 Å². The van der Waals surface area contributed by atoms with Crippen LogP contribution in [-0.4, -0.2) is 13.2 Å². The first kappa shape index (κ1) is 16.1. The van der Waals surface area contributed by atoms with E-state index in [4.69, 9.17) is 5.73 Å². The van der Waals surface area contributed by atoms with Gasteiger partial charge in [0, 0.05) is 20.1 Å². The number of anilines is 2. The molecule has 3 N–H and O–H groups in total. The third kappa shape index (κ3) is 3.99. The minimum absolute atomic E-state index is 0.190. The van der Waals surface area contributed by atoms with Gasteiger partial charge in [0.15, 0.2) is 0 Å². The van der Waals surface area contributed by atoms with Crippen molar-refractivity contribution in [1.82, 2.24) is 0 Å². The van der Waals surface area contributed by atoms with Crippen LogP contribution >= 0.6 is 7.37 Å². The van der Waals surface area contributed by atoms with Crippen LogP contribution in [0, 0.1) is 0 Å². The molecule has 1 rings (SSSR count). The molecule has 0 amide bonds. The first-order valence-electron chi connectivity index (χ1n) is 6.83. The van der Waals surface area contributed by atoms with Gasteiger partial charge >= 0.3 is 0 Å². The van der Waals surface area contributed by atoms with E-state index >= 15 is 0 Å². The van der Waals surface area contributed by atoms with Crippen LogP contribution in [0.15, 0.2) is 18.2 Å². The molecule has 1 aromatic carbocycles. The Morgan fingerprint density at radius 2 is 2.11 bits per heavy atom. The molecule has 0 bridgehead atoms. The van der Waals surface area contributed by atoms with Gasteiger partial charge in [0.25, 0.3) is 0 Å². The van der Waals surface area contributed by atoms with Crippen molar-refractivity contribution in [2.75, 3.05) is 24.3 Å². The largest absolute Gasteiger partial charge is 0.799 e. The molecule has 0 spiro atoms. The van der Waals surface area contributed by atoms with Crippen molar-refractivity contribution in [1.29, 1.82) is 0 Å². The third-order valence-corrected chi connectivity index (χ3v) is 5.86. The van der Waals surface area contributed by atoms with E-state index in [1.165, 1.54) is 0 Å². The summed E-state index contributed by atoms with van der Waals surface area (Å²) in [4.78, 5) is 12.2. The summed E-state index contributed by atoms with van der Waals surface area (Å²) in [5, 5.41) is 2.99. The molecule has 0 aliphatic rings. The highest BCUT2D eigenvalue weighted by Crippen LogP contribution is 2.54. The van der Waals surface area contributed by atoms with Gasteiger partial charge in [-0.2, -0.15) is 0 Å². The lowest BCUT2D eigenvalue weighted by Gasteiger charge is -2.32. The van der Waals surface area contributed by atoms with Crippen molar-refractivity contribution < 1.29 is 9.46 Å². The number of hydrogen-bond acceptors (Lipinski definition) is 4. The predicted molar refractivity (Wildman–Crippen MR) is 80.8 cm³/mol. The lowest BCUT2D eigenvalue weighted by Crippen LogP contribution is -2.13. The Hall–Kier alpha value is -0.990. The maximum atomic E-state index is 12.2. The van der Waals surface area contributed by atoms with Crippen molar-refractivity contribution in [3.8, 4) is 0 Å². The second-order valence-corrected chi connectivity index (χ2v) is 7.51. The fourth-order valence-corrected chi connectivity index (χ4v) is 3.86. The lowest BCUT2D eigenvalue weighted by atomic mass is 10.1. The summed E-state index contributed by atoms with van der Waals surface area (Å²) in [5.74, 6) is 0. The molecule has 0 saturated heterocycles. The van der Waals surface area contributed by atoms with Crippen LogP contribution in [0.4, 0.5) is 11.4 Å². The predicted octanol–water partition coefficient (Wildman–Crippen LogP) is 3.20. The van der Waals surface area contributed by atoms with Crippen molar-refractivity contribution >= 4 is 18.7 Å². The van der Waals surface area contributed by atoms with E-state index in [0.29, 0.717) is 12.1 Å². The zero-order valence-corrected chi connectivity index (χ0v) is 12.9. The monoisotopic (exact) mass is 283 g/mol. The minimum atomic E-state index is -3.40. The van der Waals surface area contributed by atoms with Gasteiger partial charge in [0.2, 0.25) is 0 Å². The number of nitrogens with two attached hydrogens (primary N) is 1. The zero-order valence-electron chi connectivity index (χ0n) is 12.0. The number of unbranched alkanes of at least 4 members (excludes halogenated alkanes) is 1. The summed E-state index contributed by atoms with van der Waals surface area (Å²) in [5.41, 5.74) is 7.75. The van der Waals surface area contributed by atoms with Crippen LogP contribution < -0.4 is 15.9 Å². The van der Waals surface area contributed by atoms with E-state index in [0.717, 1.165) is 24.1 Å². The zero-order chi connectivity index (χ0) is 14.5. The standard InChI is InChI=1S/C14H25N2O2P/c1-4-6-7-14(19(17,18)5-2)11-8-9-13(16-3)12(15)10-11/h8-10,14,16H,4-7,15H2,1-3H3,(H,17,18)/p-1. The number of rotatable bonds is 7. The Kier molecular flexibility index (Phi) is 5.89. The maximum absolute atomic E-state index is 12.2. The second-order valence-electron chi connectivity index (χ2n) is 4.80. The number of nitrogens with one attached hydrogen (secondary N) is 1. The molecule has 4 nitrogen and oxygen atoms in total. The molecule has 1 aromatic rings. The Morgan fingerprint density at radius 3 is 2.58 bits per heavy atom. The van der Waals surface area contributed by atoms with E-state index in [1.807, 2.05) is 12.1 Å². The third-order valence-electron chi connectivity index (χ3n) is 3.48. The molecule has 108 valence electrons. The Balaban J connectivity index is 3.10. The molecular weight excluding hydrogens is 259 g/mol. The number of hydrogen-bond donors (Lipinski definition) is 2. The highest BCUT2D eigenvalue weighted by Gasteiger charge is 2.22. The lowest BCUT2D eigenvalue weighted by molar-refractivity contribution is -0.177. The molecule has 2 unspecified atom stereocenters. The quantitative estimate of drug-likeness (QED) is 0.595. The summed E-state index contributed by atoms with van der Waals surface area (Å²) in [6, 6.07) is 5.49. The second kappa shape index (κ2) is 6.97. The van der Waals surface area contributed by atoms with Crippen molar-refractivity contribution in [2.24, 2.45) is 0 Å². The normalized spacial score (nSPS) is 15.8. The molecule has 19 heavy (non-hydrogen) atoms. The number of benzene rings is 1. The highest BCUT2D eigenvalue weighted by molar-refractivity contribution is 7.56. The average Bonchev–Trinajstić information content (AvgIpc) is 2.39. The van der Waals surface area contributed by atoms with Crippen LogP contribution in [0.25, 0.3) is 0 Å². The van der Waals surface area contributed by atoms with Crippen molar-refractivity contribution in [2.45, 2.75) is 38.8 Å². The fourth-order valence-electron chi connectivity index (χ4n) is 2.22. The smallest absolute Gasteiger partial charge is 0.0571 e. The first-order chi connectivity index (χ1) is 8.96. The van der Waals surface area contributed by atoms with Gasteiger partial charge in [-0.1, -0.05) is 32.8 Å². The van der Waals surface area contributed by atoms with E-state index in [1.54, 1.807) is 20.0 Å². The molecule has 0 heterocycles. The van der Waals surface area contributed by atoms with Gasteiger partial charge in [-0.15, -0.1) is 0 Å². The van der Waals surface area contributed by atoms with Gasteiger partial charge in [0.05, 0.1) is 11.4 Å². The maximum Gasteiger partial charge on any atom is 0.0571 e. The molecule has 0 aromatic heterocycles. The van der Waals surface area contributed by atoms with Gasteiger partial charge in [-0.05, 0) is 30.3 Å². The molecule has 0 aliphatic heterocycles. The van der Waals surface area contributed by atoms with E-state index in [9.17, 15) is 9.46 Å². The van der Waals surface area contributed by atoms with Crippen LogP contribution in [0.1, 0.15) is 44.3 Å². The highest BCUT2D eigenvalue weighted by atomic mass is 31.2. The van der Waals surface area contributed by atoms with Crippen LogP contribution in [0.2, 0.25) is 0 Å². The van der Waals surface area contributed by atoms with E-state index < -0.39 is 13.0 Å². The summed E-state index contributed by atoms with van der Waals surface area (Å²) in [7, 11) is -1.61. The van der Waals surface area contributed by atoms with Gasteiger partial charge < -0.3 is 20.5 Å². The Morgan fingerprint density at radius 1 is 1.42 bits per heavy atom. The Labute approximate surface area is 115 Å². The molecule has 0 saturated carbocycles. The molecular formula is C14H24N2O2P-. The number of nitrogen functional groups attached to an aromatic ring is 1. The van der Waals surface area contributed by atoms with Gasteiger partial charge in [-0.3, -0.25) is 0 Å². The van der Waals surface area contributed by atoms with Crippen LogP contribution in [0.5, 0.6) is 0 Å². The van der Waals surface area contributed by atoms with Crippen LogP contribution in [-0.2, 0) is 4.57 Å². The van der Waals surface area contributed by atoms with Crippen molar-refractivity contribution in [3.63, 3.8) is 0 Å². The molecule has 0 radical (unpaired) electrons. The van der Waals surface area contributed by atoms with Gasteiger partial charge in [0.1, 0.15) is 0 Å². The summed E-state index contributed by atoms with van der Waals surface area (Å²) < 4.78 is 12.2. The van der Waals surface area contributed by atoms with E-state index in [2.05, 4.69) is 12.2 Å². The molecule has 5 heteroatoms. The summed E-state index contributed by atoms with van der Waals surface area (Å²) in [6.07, 6.45) is 2.76. The average molecular weight is 283 g/mol. The molecule has 2 atom stereocenters. The fraction of sp³-hybridized carbons (Fsp3) is 0.571. The van der Waals surface area contributed by atoms with Gasteiger partial charge in [-0.25, -0.2) is 0 Å². The SMILES string of the molecule is CCCCC(c1ccc(NC)c(N)c1)P(=O)([O-])CC. The molecule has 0 fully saturated rings. The Bertz CT molecular complexity index is 463. The summed E-state index contributed by atoms with van der Waals surface area (Å²) in [6.45, 7) is 3.77. The topological polar surface area (TPSA) is 78.2 Å². The van der Waals surface area contributed by atoms with Crippen LogP contribution in [0.3, 0.4) is 0 Å². The minimum Gasteiger partial charge on any atom is -0.799 e. The molecule has 0 aliphatic carbocycles. The first-order valence-corrected chi connectivity index (χ1v) is 8.71.